The molecule has 0 saturated carbocycles. The summed E-state index contributed by atoms with van der Waals surface area (Å²) < 4.78 is 5.23. The number of aromatic amines is 1. The topological polar surface area (TPSA) is 71.5 Å². The van der Waals surface area contributed by atoms with Gasteiger partial charge in [0.1, 0.15) is 5.54 Å². The lowest BCUT2D eigenvalue weighted by Crippen LogP contribution is -2.40. The van der Waals surface area contributed by atoms with Crippen molar-refractivity contribution in [3.63, 3.8) is 0 Å². The van der Waals surface area contributed by atoms with Gasteiger partial charge in [-0.2, -0.15) is 0 Å². The fraction of sp³-hybridized carbons (Fsp3) is 0.345. The van der Waals surface area contributed by atoms with Crippen molar-refractivity contribution >= 4 is 18.3 Å². The van der Waals surface area contributed by atoms with E-state index in [9.17, 15) is 9.59 Å². The Kier molecular flexibility index (Phi) is 7.55. The zero-order valence-corrected chi connectivity index (χ0v) is 19.6. The normalized spacial score (nSPS) is 22.6. The lowest BCUT2D eigenvalue weighted by molar-refractivity contribution is 0.0378. The Morgan fingerprint density at radius 3 is 2.62 bits per heavy atom. The van der Waals surface area contributed by atoms with Crippen molar-refractivity contribution in [2.24, 2.45) is 10.9 Å². The van der Waals surface area contributed by atoms with Gasteiger partial charge in [0, 0.05) is 35.9 Å². The fourth-order valence-electron chi connectivity index (χ4n) is 4.99. The number of benzene rings is 1. The maximum absolute atomic E-state index is 12.0. The predicted octanol–water partition coefficient (Wildman–Crippen LogP) is 6.02. The third-order valence-electron chi connectivity index (χ3n) is 6.24. The summed E-state index contributed by atoms with van der Waals surface area (Å²) in [5.74, 6) is -0.0714. The van der Waals surface area contributed by atoms with Crippen LogP contribution in [-0.4, -0.2) is 23.3 Å². The maximum atomic E-state index is 12.0. The average Bonchev–Trinajstić information content (AvgIpc) is 2.76. The van der Waals surface area contributed by atoms with E-state index in [1.165, 1.54) is 11.1 Å². The van der Waals surface area contributed by atoms with Crippen molar-refractivity contribution in [2.45, 2.75) is 59.6 Å². The quantitative estimate of drug-likeness (QED) is 0.338. The molecule has 1 aromatic heterocycles. The summed E-state index contributed by atoms with van der Waals surface area (Å²) in [6.45, 7) is 7.89. The number of pyridine rings is 1. The number of ether oxygens (including phenoxy) is 1. The number of nitrogens with zero attached hydrogens (tertiary/aromatic N) is 1. The number of nitrogens with one attached hydrogen (secondary N) is 1. The Morgan fingerprint density at radius 1 is 1.21 bits per heavy atom. The van der Waals surface area contributed by atoms with Crippen LogP contribution in [0.1, 0.15) is 68.7 Å². The number of H-pyrrole nitrogens is 1. The molecular formula is C29H34N2O3. The summed E-state index contributed by atoms with van der Waals surface area (Å²) in [7, 11) is 0. The van der Waals surface area contributed by atoms with Crippen LogP contribution in [0.25, 0.3) is 6.08 Å². The molecule has 0 amide bonds. The van der Waals surface area contributed by atoms with Gasteiger partial charge in [0.2, 0.25) is 5.56 Å². The first-order chi connectivity index (χ1) is 15.8. The molecule has 0 aliphatic heterocycles. The Morgan fingerprint density at radius 2 is 1.94 bits per heavy atom. The van der Waals surface area contributed by atoms with E-state index in [2.05, 4.69) is 31.0 Å². The molecule has 0 radical (unpaired) electrons. The van der Waals surface area contributed by atoms with Crippen molar-refractivity contribution in [3.8, 4) is 0 Å². The Bertz CT molecular complexity index is 1230. The van der Waals surface area contributed by atoms with E-state index in [1.54, 1.807) is 18.2 Å². The Labute approximate surface area is 202 Å². The highest BCUT2D eigenvalue weighted by atomic mass is 16.5. The molecule has 5 heteroatoms. The first-order valence-corrected chi connectivity index (χ1v) is 11.4. The number of rotatable bonds is 5. The zero-order chi connectivity index (χ0) is 23.6. The van der Waals surface area contributed by atoms with E-state index in [0.717, 1.165) is 29.7 Å². The number of aliphatic imine (C=N–C) groups is 1. The van der Waals surface area contributed by atoms with Crippen molar-refractivity contribution < 1.29 is 9.53 Å². The maximum Gasteiger partial charge on any atom is 0.338 e. The molecule has 2 aliphatic rings. The van der Waals surface area contributed by atoms with Gasteiger partial charge in [-0.25, -0.2) is 4.79 Å². The Hall–Kier alpha value is -3.47. The van der Waals surface area contributed by atoms with Crippen LogP contribution in [0, 0.1) is 5.92 Å². The summed E-state index contributed by atoms with van der Waals surface area (Å²) in [6, 6.07) is 10.8. The summed E-state index contributed by atoms with van der Waals surface area (Å²) in [4.78, 5) is 32.1. The van der Waals surface area contributed by atoms with Gasteiger partial charge in [0.25, 0.3) is 0 Å². The molecule has 0 spiro atoms. The molecule has 4 rings (SSSR count). The molecule has 2 atom stereocenters. The third-order valence-corrected chi connectivity index (χ3v) is 6.24. The largest absolute Gasteiger partial charge is 0.459 e. The van der Waals surface area contributed by atoms with Gasteiger partial charge in [-0.3, -0.25) is 9.79 Å². The van der Waals surface area contributed by atoms with Crippen LogP contribution >= 0.6 is 0 Å². The van der Waals surface area contributed by atoms with Crippen LogP contribution < -0.4 is 5.56 Å². The molecule has 2 unspecified atom stereocenters. The first kappa shape index (κ1) is 25.2. The molecule has 0 fully saturated rings. The monoisotopic (exact) mass is 458 g/mol. The van der Waals surface area contributed by atoms with Gasteiger partial charge in [-0.05, 0) is 69.5 Å². The van der Waals surface area contributed by atoms with E-state index in [4.69, 9.17) is 9.73 Å². The molecule has 1 aromatic carbocycles. The minimum absolute atomic E-state index is 0. The summed E-state index contributed by atoms with van der Waals surface area (Å²) >= 11 is 0. The van der Waals surface area contributed by atoms with E-state index >= 15 is 0 Å². The van der Waals surface area contributed by atoms with Crippen molar-refractivity contribution in [1.29, 1.82) is 0 Å². The van der Waals surface area contributed by atoms with E-state index < -0.39 is 5.54 Å². The molecule has 2 bridgehead atoms. The number of aromatic nitrogens is 1. The van der Waals surface area contributed by atoms with Crippen LogP contribution in [0.15, 0.2) is 75.6 Å². The molecule has 2 aromatic rings. The highest BCUT2D eigenvalue weighted by Crippen LogP contribution is 2.51. The van der Waals surface area contributed by atoms with Gasteiger partial charge in [0.15, 0.2) is 0 Å². The fourth-order valence-corrected chi connectivity index (χ4v) is 4.99. The smallest absolute Gasteiger partial charge is 0.338 e. The van der Waals surface area contributed by atoms with Gasteiger partial charge >= 0.3 is 5.97 Å². The Balaban J connectivity index is 0.00000324. The molecule has 1 heterocycles. The van der Waals surface area contributed by atoms with Crippen molar-refractivity contribution in [2.75, 3.05) is 0 Å². The lowest BCUT2D eigenvalue weighted by Gasteiger charge is -2.45. The number of allylic oxidation sites excluding steroid dienone is 3. The summed E-state index contributed by atoms with van der Waals surface area (Å²) in [5.41, 5.74) is 5.59. The molecule has 34 heavy (non-hydrogen) atoms. The van der Waals surface area contributed by atoms with Crippen LogP contribution in [0.4, 0.5) is 0 Å². The molecule has 0 saturated heterocycles. The molecule has 1 N–H and O–H groups in total. The lowest BCUT2D eigenvalue weighted by atomic mass is 9.63. The highest BCUT2D eigenvalue weighted by molar-refractivity contribution is 5.90. The van der Waals surface area contributed by atoms with E-state index in [1.807, 2.05) is 50.4 Å². The van der Waals surface area contributed by atoms with Crippen molar-refractivity contribution in [3.05, 3.63) is 98.5 Å². The zero-order valence-electron chi connectivity index (χ0n) is 19.6. The first-order valence-electron chi connectivity index (χ1n) is 11.4. The number of fused-ring (bicyclic) bond motifs is 4. The molecular weight excluding hydrogens is 424 g/mol. The second kappa shape index (κ2) is 10.2. The number of carbonyl (C=O) groups excluding carboxylic acids is 1. The van der Waals surface area contributed by atoms with E-state index in [0.29, 0.717) is 5.56 Å². The van der Waals surface area contributed by atoms with E-state index in [-0.39, 0.29) is 31.0 Å². The van der Waals surface area contributed by atoms with Crippen LogP contribution in [-0.2, 0) is 16.7 Å². The molecule has 2 aliphatic carbocycles. The second-order valence-corrected chi connectivity index (χ2v) is 9.03. The standard InChI is InChI=1S/C28H30N2O3.CH4/c1-5-23-22-15-19(4)17-28(23,24-12-13-26(31)30-25(24)16-22)29-14-6-7-20-8-10-21(11-9-20)27(32)33-18(2)3;/h5-15,18,22H,16-17H2,1-4H3,(H,30,31);1H4/b7-6+,23-5+,29-14?;. The predicted molar refractivity (Wildman–Crippen MR) is 139 cm³/mol. The third kappa shape index (κ3) is 4.89. The molecule has 5 nitrogen and oxygen atoms in total. The second-order valence-electron chi connectivity index (χ2n) is 9.03. The number of carbonyl (C=O) groups is 1. The van der Waals surface area contributed by atoms with Gasteiger partial charge in [-0.1, -0.05) is 43.4 Å². The van der Waals surface area contributed by atoms with Gasteiger partial charge in [-0.15, -0.1) is 0 Å². The van der Waals surface area contributed by atoms with Crippen LogP contribution in [0.5, 0.6) is 0 Å². The van der Waals surface area contributed by atoms with Gasteiger partial charge < -0.3 is 9.72 Å². The SMILES string of the molecule is C.C/C=C1\C2C=C(C)CC1(N=C/C=C/c1ccc(C(=O)OC(C)C)cc1)c1ccc(=O)[nH]c1C2. The summed E-state index contributed by atoms with van der Waals surface area (Å²) in [6.07, 6.45) is 11.7. The summed E-state index contributed by atoms with van der Waals surface area (Å²) in [5, 5.41) is 0. The number of hydrogen-bond acceptors (Lipinski definition) is 4. The minimum Gasteiger partial charge on any atom is -0.459 e. The number of hydrogen-bond donors (Lipinski definition) is 1. The van der Waals surface area contributed by atoms with Crippen LogP contribution in [0.2, 0.25) is 0 Å². The minimum atomic E-state index is -0.495. The van der Waals surface area contributed by atoms with Gasteiger partial charge in [0.05, 0.1) is 11.7 Å². The van der Waals surface area contributed by atoms with Crippen LogP contribution in [0.3, 0.4) is 0 Å². The number of esters is 1. The highest BCUT2D eigenvalue weighted by Gasteiger charge is 2.46. The molecule has 178 valence electrons. The van der Waals surface area contributed by atoms with Crippen molar-refractivity contribution in [1.82, 2.24) is 4.98 Å². The average molecular weight is 459 g/mol.